The van der Waals surface area contributed by atoms with Gasteiger partial charge in [-0.3, -0.25) is 0 Å². The normalized spacial score (nSPS) is 13.8. The maximum atomic E-state index is 12.0. The second kappa shape index (κ2) is 11.1. The van der Waals surface area contributed by atoms with Crippen LogP contribution in [0.1, 0.15) is 32.6 Å². The molecule has 122 valence electrons. The number of amides is 1. The van der Waals surface area contributed by atoms with E-state index in [4.69, 9.17) is 10.8 Å². The number of rotatable bonds is 11. The molecule has 0 bridgehead atoms. The summed E-state index contributed by atoms with van der Waals surface area (Å²) in [6.07, 6.45) is 0.600. The molecule has 21 heavy (non-hydrogen) atoms. The van der Waals surface area contributed by atoms with Crippen LogP contribution >= 0.6 is 10.0 Å². The monoisotopic (exact) mass is 380 g/mol. The molecule has 0 saturated heterocycles. The van der Waals surface area contributed by atoms with Crippen LogP contribution in [0.3, 0.4) is 0 Å². The van der Waals surface area contributed by atoms with Crippen molar-refractivity contribution in [1.82, 2.24) is 5.32 Å². The molecule has 0 fully saturated rings. The molecule has 0 aromatic heterocycles. The van der Waals surface area contributed by atoms with Gasteiger partial charge in [-0.2, -0.15) is 0 Å². The van der Waals surface area contributed by atoms with Gasteiger partial charge in [0.25, 0.3) is 0 Å². The molecule has 0 aliphatic heterocycles. The summed E-state index contributed by atoms with van der Waals surface area (Å²) in [5, 5.41) is 11.4. The number of ketones is 1. The molecule has 0 aliphatic rings. The molecule has 0 aromatic carbocycles. The second-order valence-electron chi connectivity index (χ2n) is 5.10. The summed E-state index contributed by atoms with van der Waals surface area (Å²) in [6.45, 7) is 1.82. The van der Waals surface area contributed by atoms with Crippen molar-refractivity contribution in [3.8, 4) is 0 Å². The van der Waals surface area contributed by atoms with Crippen molar-refractivity contribution in [1.29, 1.82) is 0 Å². The van der Waals surface area contributed by atoms with E-state index >= 15 is 0 Å². The number of carbonyl (C=O) groups excluding carboxylic acids is 2. The predicted molar refractivity (Wildman–Crippen MR) is 86.6 cm³/mol. The van der Waals surface area contributed by atoms with Gasteiger partial charge in [0.05, 0.1) is 0 Å². The summed E-state index contributed by atoms with van der Waals surface area (Å²) < 4.78 is 0. The van der Waals surface area contributed by atoms with Crippen molar-refractivity contribution in [2.75, 3.05) is 5.75 Å². The zero-order valence-electron chi connectivity index (χ0n) is 12.8. The van der Waals surface area contributed by atoms with E-state index in [2.05, 4.69) is 16.7 Å². The maximum absolute atomic E-state index is 12.0. The summed E-state index contributed by atoms with van der Waals surface area (Å²) in [4.78, 5) is 34.4. The summed E-state index contributed by atoms with van der Waals surface area (Å²) in [7, 11) is 1.71. The predicted octanol–water partition coefficient (Wildman–Crippen LogP) is 1.02. The van der Waals surface area contributed by atoms with Crippen molar-refractivity contribution in [3.63, 3.8) is 0 Å². The van der Waals surface area contributed by atoms with Gasteiger partial charge in [-0.1, -0.05) is 0 Å². The fourth-order valence-electron chi connectivity index (χ4n) is 1.47. The topological polar surface area (TPSA) is 109 Å². The number of hydrogen-bond donors (Lipinski definition) is 3. The zero-order chi connectivity index (χ0) is 16.4. The van der Waals surface area contributed by atoms with Crippen LogP contribution in [0.2, 0.25) is 11.4 Å². The van der Waals surface area contributed by atoms with E-state index in [1.54, 1.807) is 10.0 Å². The van der Waals surface area contributed by atoms with Crippen LogP contribution in [0, 0.1) is 0 Å². The fourth-order valence-corrected chi connectivity index (χ4v) is 5.00. The number of carboxylic acids is 1. The molecule has 0 saturated carbocycles. The molecule has 2 unspecified atom stereocenters. The van der Waals surface area contributed by atoms with Crippen LogP contribution in [0.5, 0.6) is 0 Å². The van der Waals surface area contributed by atoms with E-state index in [0.29, 0.717) is 12.2 Å². The first-order valence-electron chi connectivity index (χ1n) is 6.82. The molecule has 0 aromatic rings. The van der Waals surface area contributed by atoms with E-state index in [1.807, 2.05) is 6.92 Å². The Labute approximate surface area is 133 Å². The van der Waals surface area contributed by atoms with E-state index in [1.165, 1.54) is 0 Å². The number of carboxylic acid groups (broad SMARTS) is 1. The Morgan fingerprint density at radius 1 is 1.24 bits per heavy atom. The SMILES string of the molecule is CC(N)CCC(=O)NC(CS[As](C)C)C(=O)CCC(=O)O. The van der Waals surface area contributed by atoms with E-state index < -0.39 is 25.5 Å². The average molecular weight is 380 g/mol. The van der Waals surface area contributed by atoms with Crippen LogP contribution in [0.15, 0.2) is 0 Å². The van der Waals surface area contributed by atoms with Gasteiger partial charge < -0.3 is 0 Å². The Morgan fingerprint density at radius 2 is 1.86 bits per heavy atom. The van der Waals surface area contributed by atoms with E-state index in [9.17, 15) is 14.4 Å². The van der Waals surface area contributed by atoms with Crippen LogP contribution in [0.25, 0.3) is 0 Å². The first kappa shape index (κ1) is 20.5. The molecule has 0 spiro atoms. The van der Waals surface area contributed by atoms with Gasteiger partial charge in [-0.05, 0) is 0 Å². The summed E-state index contributed by atoms with van der Waals surface area (Å²) in [6, 6.07) is -0.651. The standard InChI is InChI=1S/C13H25AsN2O4S/c1-9(15)4-6-12(18)16-10(8-21-14(2)3)11(17)5-7-13(19)20/h9-10H,4-8,15H2,1-3H3,(H,16,18)(H,19,20). The minimum atomic E-state index is -1.00. The molecule has 0 rings (SSSR count). The van der Waals surface area contributed by atoms with Crippen molar-refractivity contribution < 1.29 is 19.5 Å². The number of nitrogens with one attached hydrogen (secondary N) is 1. The van der Waals surface area contributed by atoms with E-state index in [-0.39, 0.29) is 37.0 Å². The van der Waals surface area contributed by atoms with Crippen molar-refractivity contribution >= 4 is 41.2 Å². The third-order valence-corrected chi connectivity index (χ3v) is 7.82. The van der Waals surface area contributed by atoms with Gasteiger partial charge in [0.1, 0.15) is 0 Å². The number of nitrogens with two attached hydrogens (primary N) is 1. The Morgan fingerprint density at radius 3 is 2.33 bits per heavy atom. The Kier molecular flexibility index (Phi) is 10.8. The number of aliphatic carboxylic acids is 1. The molecule has 6 nitrogen and oxygen atoms in total. The van der Waals surface area contributed by atoms with Crippen molar-refractivity contribution in [2.45, 2.75) is 56.1 Å². The van der Waals surface area contributed by atoms with Gasteiger partial charge in [-0.25, -0.2) is 0 Å². The molecule has 0 aliphatic carbocycles. The quantitative estimate of drug-likeness (QED) is 0.462. The first-order chi connectivity index (χ1) is 9.72. The van der Waals surface area contributed by atoms with Gasteiger partial charge in [-0.15, -0.1) is 0 Å². The molecule has 8 heteroatoms. The van der Waals surface area contributed by atoms with Crippen molar-refractivity contribution in [2.24, 2.45) is 5.73 Å². The summed E-state index contributed by atoms with van der Waals surface area (Å²) >= 11 is -0.971. The molecule has 0 radical (unpaired) electrons. The zero-order valence-corrected chi connectivity index (χ0v) is 15.5. The third-order valence-electron chi connectivity index (χ3n) is 2.64. The van der Waals surface area contributed by atoms with Crippen LogP contribution in [-0.2, 0) is 14.4 Å². The Hall–Kier alpha value is -0.522. The molecular weight excluding hydrogens is 355 g/mol. The second-order valence-corrected chi connectivity index (χ2v) is 14.5. The van der Waals surface area contributed by atoms with Crippen LogP contribution in [-0.4, -0.2) is 54.1 Å². The van der Waals surface area contributed by atoms with Gasteiger partial charge in [0.15, 0.2) is 0 Å². The minimum absolute atomic E-state index is 0.0471. The average Bonchev–Trinajstić information content (AvgIpc) is 2.38. The molecular formula is C13H25AsN2O4S. The summed E-state index contributed by atoms with van der Waals surface area (Å²) in [5.41, 5.74) is 9.89. The van der Waals surface area contributed by atoms with Crippen LogP contribution < -0.4 is 11.1 Å². The molecule has 1 amide bonds. The summed E-state index contributed by atoms with van der Waals surface area (Å²) in [5.74, 6) is -0.894. The number of Topliss-reactive ketones (excluding diaryl/α,β-unsaturated/α-hetero) is 1. The Balaban J connectivity index is 4.46. The fraction of sp³-hybridized carbons (Fsp3) is 0.769. The van der Waals surface area contributed by atoms with Gasteiger partial charge >= 0.3 is 134 Å². The molecule has 4 N–H and O–H groups in total. The first-order valence-corrected chi connectivity index (χ1v) is 13.8. The molecule has 2 atom stereocenters. The molecule has 0 heterocycles. The van der Waals surface area contributed by atoms with Gasteiger partial charge in [0.2, 0.25) is 0 Å². The number of carbonyl (C=O) groups is 3. The van der Waals surface area contributed by atoms with Gasteiger partial charge in [0, 0.05) is 0 Å². The van der Waals surface area contributed by atoms with Crippen LogP contribution in [0.4, 0.5) is 0 Å². The van der Waals surface area contributed by atoms with Crippen molar-refractivity contribution in [3.05, 3.63) is 0 Å². The third kappa shape index (κ3) is 11.8. The van der Waals surface area contributed by atoms with E-state index in [0.717, 1.165) is 0 Å². The number of hydrogen-bond acceptors (Lipinski definition) is 5. The Bertz CT molecular complexity index is 364.